The highest BCUT2D eigenvalue weighted by Crippen LogP contribution is 2.33. The van der Waals surface area contributed by atoms with Gasteiger partial charge in [0.1, 0.15) is 11.5 Å². The molecule has 0 fully saturated rings. The van der Waals surface area contributed by atoms with Crippen LogP contribution in [-0.2, 0) is 0 Å². The smallest absolute Gasteiger partial charge is 0.358 e. The van der Waals surface area contributed by atoms with E-state index in [1.54, 1.807) is 38.4 Å². The van der Waals surface area contributed by atoms with Crippen molar-refractivity contribution in [3.8, 4) is 0 Å². The highest BCUT2D eigenvalue weighted by Gasteiger charge is 2.25. The Labute approximate surface area is 125 Å². The Bertz CT molecular complexity index is 855. The average Bonchev–Trinajstić information content (AvgIpc) is 2.86. The largest absolute Gasteiger partial charge is 0.476 e. The van der Waals surface area contributed by atoms with Gasteiger partial charge in [-0.3, -0.25) is 0 Å². The normalized spacial score (nSPS) is 10.9. The number of aromatic carboxylic acids is 1. The van der Waals surface area contributed by atoms with Gasteiger partial charge in [0.05, 0.1) is 5.69 Å². The van der Waals surface area contributed by atoms with Gasteiger partial charge in [-0.2, -0.15) is 5.10 Å². The van der Waals surface area contributed by atoms with Crippen molar-refractivity contribution in [2.45, 2.75) is 6.92 Å². The topological polar surface area (TPSA) is 70.7 Å². The molecule has 0 bridgehead atoms. The molecule has 2 aromatic heterocycles. The summed E-state index contributed by atoms with van der Waals surface area (Å²) in [6, 6.07) is 6.34. The van der Waals surface area contributed by atoms with Crippen LogP contribution in [0.4, 0.5) is 15.8 Å². The number of nitrogens with zero attached hydrogens (tertiary/aromatic N) is 4. The lowest BCUT2D eigenvalue weighted by molar-refractivity contribution is 0.0691. The van der Waals surface area contributed by atoms with Crippen LogP contribution in [0.2, 0.25) is 0 Å². The number of halogens is 1. The molecule has 0 atom stereocenters. The minimum atomic E-state index is -1.19. The van der Waals surface area contributed by atoms with E-state index in [-0.39, 0.29) is 11.4 Å². The number of carboxylic acid groups (broad SMARTS) is 1. The minimum Gasteiger partial charge on any atom is -0.476 e. The molecule has 0 amide bonds. The Kier molecular flexibility index (Phi) is 3.25. The van der Waals surface area contributed by atoms with Crippen molar-refractivity contribution in [3.05, 3.63) is 53.7 Å². The molecule has 0 saturated carbocycles. The average molecular weight is 300 g/mol. The molecule has 0 radical (unpaired) electrons. The summed E-state index contributed by atoms with van der Waals surface area (Å²) in [5.41, 5.74) is 1.41. The van der Waals surface area contributed by atoms with Crippen LogP contribution in [0.3, 0.4) is 0 Å². The first-order valence-electron chi connectivity index (χ1n) is 6.56. The summed E-state index contributed by atoms with van der Waals surface area (Å²) in [6.07, 6.45) is 3.13. The lowest BCUT2D eigenvalue weighted by Gasteiger charge is -2.21. The van der Waals surface area contributed by atoms with Gasteiger partial charge in [0.15, 0.2) is 11.3 Å². The maximum Gasteiger partial charge on any atom is 0.358 e. The van der Waals surface area contributed by atoms with Gasteiger partial charge in [-0.25, -0.2) is 18.7 Å². The van der Waals surface area contributed by atoms with Gasteiger partial charge in [0, 0.05) is 19.4 Å². The van der Waals surface area contributed by atoms with Crippen LogP contribution < -0.4 is 4.90 Å². The standard InChI is InChI=1S/C15H13FN4O2/c1-9-5-3-6-10(16)12(9)19(2)13-11(15(21)22)18-20-8-4-7-17-14(13)20/h3-8H,1-2H3,(H,21,22). The van der Waals surface area contributed by atoms with Crippen LogP contribution in [0.25, 0.3) is 5.65 Å². The molecular formula is C15H13FN4O2. The van der Waals surface area contributed by atoms with Crippen LogP contribution in [-0.4, -0.2) is 32.7 Å². The van der Waals surface area contributed by atoms with Gasteiger partial charge in [-0.1, -0.05) is 12.1 Å². The van der Waals surface area contributed by atoms with E-state index in [2.05, 4.69) is 10.1 Å². The summed E-state index contributed by atoms with van der Waals surface area (Å²) in [6.45, 7) is 1.76. The lowest BCUT2D eigenvalue weighted by atomic mass is 10.1. The summed E-state index contributed by atoms with van der Waals surface area (Å²) >= 11 is 0. The third kappa shape index (κ3) is 2.07. The number of para-hydroxylation sites is 1. The molecule has 2 heterocycles. The van der Waals surface area contributed by atoms with Crippen molar-refractivity contribution in [2.75, 3.05) is 11.9 Å². The molecule has 112 valence electrons. The van der Waals surface area contributed by atoms with Crippen LogP contribution in [0.15, 0.2) is 36.7 Å². The monoisotopic (exact) mass is 300 g/mol. The fraction of sp³-hybridized carbons (Fsp3) is 0.133. The SMILES string of the molecule is Cc1cccc(F)c1N(C)c1c(C(=O)O)nn2cccnc12. The third-order valence-corrected chi connectivity index (χ3v) is 3.43. The number of rotatable bonds is 3. The fourth-order valence-electron chi connectivity index (χ4n) is 2.49. The summed E-state index contributed by atoms with van der Waals surface area (Å²) in [5.74, 6) is -1.63. The third-order valence-electron chi connectivity index (χ3n) is 3.43. The first-order chi connectivity index (χ1) is 10.5. The second-order valence-corrected chi connectivity index (χ2v) is 4.85. The molecule has 3 rings (SSSR count). The highest BCUT2D eigenvalue weighted by atomic mass is 19.1. The predicted molar refractivity (Wildman–Crippen MR) is 79.1 cm³/mol. The van der Waals surface area contributed by atoms with Crippen molar-refractivity contribution in [3.63, 3.8) is 0 Å². The zero-order valence-electron chi connectivity index (χ0n) is 12.0. The quantitative estimate of drug-likeness (QED) is 0.805. The number of carbonyl (C=O) groups is 1. The van der Waals surface area contributed by atoms with Gasteiger partial charge in [0.2, 0.25) is 0 Å². The van der Waals surface area contributed by atoms with Crippen molar-refractivity contribution in [2.24, 2.45) is 0 Å². The molecule has 7 heteroatoms. The minimum absolute atomic E-state index is 0.177. The Balaban J connectivity index is 2.29. The zero-order chi connectivity index (χ0) is 15.9. The van der Waals surface area contributed by atoms with Gasteiger partial charge in [0.25, 0.3) is 0 Å². The van der Waals surface area contributed by atoms with E-state index in [0.717, 1.165) is 0 Å². The van der Waals surface area contributed by atoms with Gasteiger partial charge < -0.3 is 10.0 Å². The van der Waals surface area contributed by atoms with Crippen molar-refractivity contribution < 1.29 is 14.3 Å². The molecular weight excluding hydrogens is 287 g/mol. The molecule has 1 aromatic carbocycles. The molecule has 22 heavy (non-hydrogen) atoms. The summed E-state index contributed by atoms with van der Waals surface area (Å²) < 4.78 is 15.6. The fourth-order valence-corrected chi connectivity index (χ4v) is 2.49. The summed E-state index contributed by atoms with van der Waals surface area (Å²) in [4.78, 5) is 17.1. The van der Waals surface area contributed by atoms with E-state index >= 15 is 0 Å². The van der Waals surface area contributed by atoms with Crippen molar-refractivity contribution in [1.29, 1.82) is 0 Å². The predicted octanol–water partition coefficient (Wildman–Crippen LogP) is 2.64. The molecule has 1 N–H and O–H groups in total. The van der Waals surface area contributed by atoms with Gasteiger partial charge in [-0.15, -0.1) is 0 Å². The molecule has 0 unspecified atom stereocenters. The van der Waals surface area contributed by atoms with E-state index in [1.807, 2.05) is 0 Å². The summed E-state index contributed by atoms with van der Waals surface area (Å²) in [7, 11) is 1.60. The van der Waals surface area contributed by atoms with Crippen LogP contribution in [0.1, 0.15) is 16.1 Å². The van der Waals surface area contributed by atoms with Crippen LogP contribution >= 0.6 is 0 Å². The van der Waals surface area contributed by atoms with Gasteiger partial charge in [-0.05, 0) is 24.6 Å². The molecule has 6 nitrogen and oxygen atoms in total. The molecule has 0 aliphatic carbocycles. The zero-order valence-corrected chi connectivity index (χ0v) is 12.0. The second-order valence-electron chi connectivity index (χ2n) is 4.85. The molecule has 0 saturated heterocycles. The maximum atomic E-state index is 14.2. The van der Waals surface area contributed by atoms with Crippen molar-refractivity contribution in [1.82, 2.24) is 14.6 Å². The highest BCUT2D eigenvalue weighted by molar-refractivity contribution is 5.98. The molecule has 0 aliphatic rings. The molecule has 3 aromatic rings. The van der Waals surface area contributed by atoms with E-state index < -0.39 is 11.8 Å². The Morgan fingerprint density at radius 2 is 2.09 bits per heavy atom. The number of aromatic nitrogens is 3. The number of fused-ring (bicyclic) bond motifs is 1. The van der Waals surface area contributed by atoms with E-state index in [4.69, 9.17) is 0 Å². The second kappa shape index (κ2) is 5.10. The van der Waals surface area contributed by atoms with E-state index in [9.17, 15) is 14.3 Å². The van der Waals surface area contributed by atoms with Crippen LogP contribution in [0, 0.1) is 12.7 Å². The lowest BCUT2D eigenvalue weighted by Crippen LogP contribution is -2.16. The summed E-state index contributed by atoms with van der Waals surface area (Å²) in [5, 5.41) is 13.4. The van der Waals surface area contributed by atoms with E-state index in [1.165, 1.54) is 21.7 Å². The molecule has 0 aliphatic heterocycles. The Morgan fingerprint density at radius 1 is 1.32 bits per heavy atom. The number of anilines is 2. The van der Waals surface area contributed by atoms with Crippen LogP contribution in [0.5, 0.6) is 0 Å². The first kappa shape index (κ1) is 14.0. The Morgan fingerprint density at radius 3 is 2.77 bits per heavy atom. The first-order valence-corrected chi connectivity index (χ1v) is 6.56. The number of hydrogen-bond acceptors (Lipinski definition) is 4. The molecule has 0 spiro atoms. The van der Waals surface area contributed by atoms with Crippen molar-refractivity contribution >= 4 is 23.0 Å². The number of aryl methyl sites for hydroxylation is 1. The Hall–Kier alpha value is -2.96. The number of benzene rings is 1. The van der Waals surface area contributed by atoms with Gasteiger partial charge >= 0.3 is 5.97 Å². The maximum absolute atomic E-state index is 14.2. The number of carboxylic acids is 1. The van der Waals surface area contributed by atoms with E-state index in [0.29, 0.717) is 16.9 Å². The number of hydrogen-bond donors (Lipinski definition) is 1.